The Bertz CT molecular complexity index is 960. The van der Waals surface area contributed by atoms with Gasteiger partial charge in [0.05, 0.1) is 0 Å². The maximum absolute atomic E-state index is 13.3. The maximum atomic E-state index is 13.3. The molecule has 1 atom stereocenters. The Morgan fingerprint density at radius 3 is 2.57 bits per heavy atom. The van der Waals surface area contributed by atoms with Crippen molar-refractivity contribution in [1.29, 1.82) is 0 Å². The first-order chi connectivity index (χ1) is 13.5. The van der Waals surface area contributed by atoms with E-state index in [9.17, 15) is 13.6 Å². The smallest absolute Gasteiger partial charge is 0.263 e. The van der Waals surface area contributed by atoms with Crippen LogP contribution in [0.5, 0.6) is 5.75 Å². The van der Waals surface area contributed by atoms with Gasteiger partial charge in [-0.3, -0.25) is 4.79 Å². The average Bonchev–Trinajstić information content (AvgIpc) is 3.14. The number of aromatic nitrogens is 1. The number of hydrogen-bond donors (Lipinski definition) is 1. The van der Waals surface area contributed by atoms with Crippen molar-refractivity contribution in [1.82, 2.24) is 9.88 Å². The number of nitrogens with zero attached hydrogens (tertiary/aromatic N) is 1. The van der Waals surface area contributed by atoms with Crippen molar-refractivity contribution in [2.45, 2.75) is 31.8 Å². The Balaban J connectivity index is 1.35. The van der Waals surface area contributed by atoms with E-state index in [0.717, 1.165) is 30.5 Å². The average molecular weight is 384 g/mol. The largest absolute Gasteiger partial charge is 0.481 e. The molecule has 1 aliphatic rings. The summed E-state index contributed by atoms with van der Waals surface area (Å²) in [6.45, 7) is 2.92. The van der Waals surface area contributed by atoms with Gasteiger partial charge in [0, 0.05) is 36.3 Å². The second-order valence-corrected chi connectivity index (χ2v) is 7.25. The molecule has 0 saturated carbocycles. The second kappa shape index (κ2) is 7.62. The number of carbonyl (C=O) groups is 1. The number of rotatable bonds is 4. The van der Waals surface area contributed by atoms with Gasteiger partial charge < -0.3 is 14.6 Å². The van der Waals surface area contributed by atoms with Gasteiger partial charge in [-0.15, -0.1) is 0 Å². The first-order valence-corrected chi connectivity index (χ1v) is 9.49. The number of H-pyrrole nitrogens is 1. The van der Waals surface area contributed by atoms with E-state index in [1.165, 1.54) is 17.1 Å². The Hall–Kier alpha value is -2.89. The SMILES string of the molecule is CC(Oc1ccc(F)c(F)c1)C(=O)N1CCC(c2cc3ccccc3[nH]2)CC1. The summed E-state index contributed by atoms with van der Waals surface area (Å²) in [7, 11) is 0. The monoisotopic (exact) mass is 384 g/mol. The molecule has 0 aliphatic carbocycles. The van der Waals surface area contributed by atoms with E-state index < -0.39 is 17.7 Å². The minimum Gasteiger partial charge on any atom is -0.481 e. The fraction of sp³-hybridized carbons (Fsp3) is 0.318. The van der Waals surface area contributed by atoms with Gasteiger partial charge in [-0.1, -0.05) is 18.2 Å². The molecule has 3 aromatic rings. The van der Waals surface area contributed by atoms with Gasteiger partial charge in [-0.2, -0.15) is 0 Å². The van der Waals surface area contributed by atoms with Crippen LogP contribution in [0.1, 0.15) is 31.4 Å². The number of fused-ring (bicyclic) bond motifs is 1. The van der Waals surface area contributed by atoms with Gasteiger partial charge >= 0.3 is 0 Å². The fourth-order valence-electron chi connectivity index (χ4n) is 3.79. The zero-order valence-corrected chi connectivity index (χ0v) is 15.6. The zero-order valence-electron chi connectivity index (χ0n) is 15.6. The normalized spacial score (nSPS) is 16.3. The molecule has 1 fully saturated rings. The molecule has 146 valence electrons. The number of likely N-dealkylation sites (tertiary alicyclic amines) is 1. The zero-order chi connectivity index (χ0) is 19.7. The van der Waals surface area contributed by atoms with Crippen LogP contribution in [0.3, 0.4) is 0 Å². The Kier molecular flexibility index (Phi) is 5.03. The Morgan fingerprint density at radius 1 is 1.11 bits per heavy atom. The number of carbonyl (C=O) groups excluding carboxylic acids is 1. The van der Waals surface area contributed by atoms with Crippen molar-refractivity contribution < 1.29 is 18.3 Å². The minimum atomic E-state index is -0.990. The molecule has 1 aliphatic heterocycles. The number of piperidine rings is 1. The molecule has 0 bridgehead atoms. The van der Waals surface area contributed by atoms with Gasteiger partial charge in [0.15, 0.2) is 17.7 Å². The van der Waals surface area contributed by atoms with Gasteiger partial charge in [0.1, 0.15) is 5.75 Å². The summed E-state index contributed by atoms with van der Waals surface area (Å²) < 4.78 is 31.8. The number of benzene rings is 2. The molecule has 28 heavy (non-hydrogen) atoms. The molecule has 2 heterocycles. The summed E-state index contributed by atoms with van der Waals surface area (Å²) >= 11 is 0. The summed E-state index contributed by atoms with van der Waals surface area (Å²) in [6, 6.07) is 13.7. The van der Waals surface area contributed by atoms with Crippen molar-refractivity contribution in [2.24, 2.45) is 0 Å². The standard InChI is InChI=1S/C22H22F2N2O2/c1-14(28-17-6-7-18(23)19(24)13-17)22(27)26-10-8-15(9-11-26)21-12-16-4-2-3-5-20(16)25-21/h2-7,12-15,25H,8-11H2,1H3. The third-order valence-electron chi connectivity index (χ3n) is 5.35. The number of amides is 1. The lowest BCUT2D eigenvalue weighted by molar-refractivity contribution is -0.139. The molecule has 1 unspecified atom stereocenters. The highest BCUT2D eigenvalue weighted by Gasteiger charge is 2.28. The van der Waals surface area contributed by atoms with Gasteiger partial charge in [-0.25, -0.2) is 8.78 Å². The van der Waals surface area contributed by atoms with Crippen LogP contribution in [0.2, 0.25) is 0 Å². The minimum absolute atomic E-state index is 0.139. The molecule has 0 spiro atoms. The molecule has 6 heteroatoms. The predicted molar refractivity (Wildman–Crippen MR) is 103 cm³/mol. The van der Waals surface area contributed by atoms with Crippen LogP contribution in [-0.2, 0) is 4.79 Å². The van der Waals surface area contributed by atoms with Crippen molar-refractivity contribution in [3.8, 4) is 5.75 Å². The fourth-order valence-corrected chi connectivity index (χ4v) is 3.79. The van der Waals surface area contributed by atoms with E-state index in [-0.39, 0.29) is 11.7 Å². The molecule has 1 saturated heterocycles. The van der Waals surface area contributed by atoms with Crippen LogP contribution in [-0.4, -0.2) is 35.0 Å². The van der Waals surface area contributed by atoms with Gasteiger partial charge in [0.25, 0.3) is 5.91 Å². The second-order valence-electron chi connectivity index (χ2n) is 7.25. The summed E-state index contributed by atoms with van der Waals surface area (Å²) in [6.07, 6.45) is 0.988. The highest BCUT2D eigenvalue weighted by Crippen LogP contribution is 2.30. The van der Waals surface area contributed by atoms with E-state index >= 15 is 0 Å². The summed E-state index contributed by atoms with van der Waals surface area (Å²) in [4.78, 5) is 17.9. The quantitative estimate of drug-likeness (QED) is 0.713. The highest BCUT2D eigenvalue weighted by atomic mass is 19.2. The number of hydrogen-bond acceptors (Lipinski definition) is 2. The molecule has 2 aromatic carbocycles. The molecule has 4 nitrogen and oxygen atoms in total. The number of nitrogens with one attached hydrogen (secondary N) is 1. The van der Waals surface area contributed by atoms with Crippen LogP contribution in [0.15, 0.2) is 48.5 Å². The Labute approximate surface area is 162 Å². The van der Waals surface area contributed by atoms with E-state index in [4.69, 9.17) is 4.74 Å². The van der Waals surface area contributed by atoms with Crippen LogP contribution in [0, 0.1) is 11.6 Å². The molecular formula is C22H22F2N2O2. The van der Waals surface area contributed by atoms with Crippen LogP contribution in [0.4, 0.5) is 8.78 Å². The number of para-hydroxylation sites is 1. The maximum Gasteiger partial charge on any atom is 0.263 e. The Morgan fingerprint density at radius 2 is 1.86 bits per heavy atom. The summed E-state index contributed by atoms with van der Waals surface area (Å²) in [5.41, 5.74) is 2.34. The van der Waals surface area contributed by atoms with E-state index in [1.807, 2.05) is 12.1 Å². The van der Waals surface area contributed by atoms with Crippen LogP contribution >= 0.6 is 0 Å². The summed E-state index contributed by atoms with van der Waals surface area (Å²) in [5.74, 6) is -1.53. The van der Waals surface area contributed by atoms with Gasteiger partial charge in [0.2, 0.25) is 0 Å². The molecule has 1 N–H and O–H groups in total. The number of ether oxygens (including phenoxy) is 1. The van der Waals surface area contributed by atoms with Crippen molar-refractivity contribution in [2.75, 3.05) is 13.1 Å². The van der Waals surface area contributed by atoms with Crippen molar-refractivity contribution in [3.05, 3.63) is 65.9 Å². The molecule has 4 rings (SSSR count). The lowest BCUT2D eigenvalue weighted by Crippen LogP contribution is -2.44. The predicted octanol–water partition coefficient (Wildman–Crippen LogP) is 4.62. The first kappa shape index (κ1) is 18.5. The van der Waals surface area contributed by atoms with Crippen molar-refractivity contribution in [3.63, 3.8) is 0 Å². The summed E-state index contributed by atoms with van der Waals surface area (Å²) in [5, 5.41) is 1.20. The molecule has 1 aromatic heterocycles. The van der Waals surface area contributed by atoms with Crippen molar-refractivity contribution >= 4 is 16.8 Å². The number of halogens is 2. The van der Waals surface area contributed by atoms with Crippen LogP contribution < -0.4 is 4.74 Å². The lowest BCUT2D eigenvalue weighted by atomic mass is 9.93. The third-order valence-corrected chi connectivity index (χ3v) is 5.35. The molecule has 1 amide bonds. The van der Waals surface area contributed by atoms with E-state index in [2.05, 4.69) is 23.2 Å². The topological polar surface area (TPSA) is 45.3 Å². The third kappa shape index (κ3) is 3.72. The number of aromatic amines is 1. The first-order valence-electron chi connectivity index (χ1n) is 9.49. The van der Waals surface area contributed by atoms with Gasteiger partial charge in [-0.05, 0) is 49.4 Å². The lowest BCUT2D eigenvalue weighted by Gasteiger charge is -2.33. The van der Waals surface area contributed by atoms with Crippen LogP contribution in [0.25, 0.3) is 10.9 Å². The van der Waals surface area contributed by atoms with E-state index in [0.29, 0.717) is 19.0 Å². The van der Waals surface area contributed by atoms with E-state index in [1.54, 1.807) is 11.8 Å². The highest BCUT2D eigenvalue weighted by molar-refractivity contribution is 5.81. The molecular weight excluding hydrogens is 362 g/mol. The molecule has 0 radical (unpaired) electrons.